The number of aromatic nitrogens is 2. The number of hydrogen-bond donors (Lipinski definition) is 1. The zero-order valence-corrected chi connectivity index (χ0v) is 18.7. The molecule has 2 aliphatic carbocycles. The molecule has 28 heavy (non-hydrogen) atoms. The van der Waals surface area contributed by atoms with Gasteiger partial charge in [-0.2, -0.15) is 0 Å². The number of thiophene rings is 1. The van der Waals surface area contributed by atoms with Crippen LogP contribution in [0.2, 0.25) is 0 Å². The molecule has 2 aromatic rings. The third kappa shape index (κ3) is 4.30. The summed E-state index contributed by atoms with van der Waals surface area (Å²) >= 11 is 1.83. The van der Waals surface area contributed by atoms with Gasteiger partial charge in [-0.1, -0.05) is 6.92 Å². The molecule has 2 aromatic heterocycles. The largest absolute Gasteiger partial charge is 0.474 e. The van der Waals surface area contributed by atoms with Gasteiger partial charge >= 0.3 is 0 Å². The Balaban J connectivity index is 0.00000225. The monoisotopic (exact) mass is 425 g/mol. The molecule has 1 fully saturated rings. The number of hydrogen-bond acceptors (Lipinski definition) is 6. The van der Waals surface area contributed by atoms with Crippen molar-refractivity contribution in [2.45, 2.75) is 82.5 Å². The third-order valence-electron chi connectivity index (χ3n) is 6.39. The Hall–Kier alpha value is -0.950. The molecule has 2 heterocycles. The second-order valence-electron chi connectivity index (χ2n) is 7.92. The van der Waals surface area contributed by atoms with Gasteiger partial charge < -0.3 is 14.8 Å². The summed E-state index contributed by atoms with van der Waals surface area (Å²) in [5.41, 5.74) is 1.45. The molecule has 4 rings (SSSR count). The lowest BCUT2D eigenvalue weighted by Gasteiger charge is -2.28. The molecule has 0 saturated heterocycles. The van der Waals surface area contributed by atoms with E-state index in [0.29, 0.717) is 18.1 Å². The molecule has 156 valence electrons. The van der Waals surface area contributed by atoms with Crippen LogP contribution in [0.4, 0.5) is 0 Å². The van der Waals surface area contributed by atoms with Crippen LogP contribution in [0.3, 0.4) is 0 Å². The van der Waals surface area contributed by atoms with Crippen molar-refractivity contribution in [1.29, 1.82) is 0 Å². The van der Waals surface area contributed by atoms with Crippen LogP contribution in [0.1, 0.15) is 68.2 Å². The predicted molar refractivity (Wildman–Crippen MR) is 117 cm³/mol. The molecular weight excluding hydrogens is 394 g/mol. The Morgan fingerprint density at radius 3 is 2.68 bits per heavy atom. The SMILES string of the molecule is CC[C@H](C[C@H]1CCc2sc3ncnc(OC4CCC(NC)CC4)c3c21)OC.Cl. The fraction of sp³-hybridized carbons (Fsp3) is 0.714. The van der Waals surface area contributed by atoms with Crippen molar-refractivity contribution < 1.29 is 9.47 Å². The van der Waals surface area contributed by atoms with Crippen molar-refractivity contribution in [1.82, 2.24) is 15.3 Å². The summed E-state index contributed by atoms with van der Waals surface area (Å²) in [6, 6.07) is 0.630. The highest BCUT2D eigenvalue weighted by molar-refractivity contribution is 7.19. The van der Waals surface area contributed by atoms with Crippen molar-refractivity contribution >= 4 is 34.0 Å². The number of nitrogens with zero attached hydrogens (tertiary/aromatic N) is 2. The maximum absolute atomic E-state index is 6.45. The first kappa shape index (κ1) is 21.8. The van der Waals surface area contributed by atoms with Crippen LogP contribution in [-0.4, -0.2) is 42.4 Å². The lowest BCUT2D eigenvalue weighted by molar-refractivity contribution is 0.0857. The summed E-state index contributed by atoms with van der Waals surface area (Å²) in [5, 5.41) is 4.57. The van der Waals surface area contributed by atoms with E-state index in [9.17, 15) is 0 Å². The molecule has 2 atom stereocenters. The Bertz CT molecular complexity index is 772. The van der Waals surface area contributed by atoms with Crippen LogP contribution in [0.25, 0.3) is 10.2 Å². The van der Waals surface area contributed by atoms with Crippen molar-refractivity contribution in [3.8, 4) is 5.88 Å². The van der Waals surface area contributed by atoms with Gasteiger partial charge in [-0.3, -0.25) is 0 Å². The van der Waals surface area contributed by atoms with E-state index in [-0.39, 0.29) is 18.5 Å². The van der Waals surface area contributed by atoms with E-state index in [2.05, 4.69) is 29.3 Å². The smallest absolute Gasteiger partial charge is 0.225 e. The van der Waals surface area contributed by atoms with Gasteiger partial charge in [-0.25, -0.2) is 9.97 Å². The molecular formula is C21H32ClN3O2S. The molecule has 0 bridgehead atoms. The number of halogens is 1. The Morgan fingerprint density at radius 2 is 2.00 bits per heavy atom. The van der Waals surface area contributed by atoms with Gasteiger partial charge in [-0.15, -0.1) is 23.7 Å². The fourth-order valence-electron chi connectivity index (χ4n) is 4.74. The van der Waals surface area contributed by atoms with Crippen LogP contribution in [-0.2, 0) is 11.2 Å². The minimum Gasteiger partial charge on any atom is -0.474 e. The molecule has 0 radical (unpaired) electrons. The maximum atomic E-state index is 6.45. The molecule has 0 aromatic carbocycles. The highest BCUT2D eigenvalue weighted by atomic mass is 35.5. The normalized spacial score (nSPS) is 25.3. The molecule has 0 aliphatic heterocycles. The number of nitrogens with one attached hydrogen (secondary N) is 1. The van der Waals surface area contributed by atoms with Gasteiger partial charge in [0.05, 0.1) is 11.5 Å². The van der Waals surface area contributed by atoms with E-state index in [0.717, 1.165) is 42.8 Å². The highest BCUT2D eigenvalue weighted by Gasteiger charge is 2.32. The van der Waals surface area contributed by atoms with Crippen molar-refractivity contribution in [2.75, 3.05) is 14.2 Å². The lowest BCUT2D eigenvalue weighted by atomic mass is 9.92. The first-order valence-corrected chi connectivity index (χ1v) is 11.2. The zero-order chi connectivity index (χ0) is 18.8. The number of aryl methyl sites for hydroxylation is 1. The van der Waals surface area contributed by atoms with Gasteiger partial charge in [-0.05, 0) is 69.9 Å². The number of fused-ring (bicyclic) bond motifs is 3. The summed E-state index contributed by atoms with van der Waals surface area (Å²) in [5.74, 6) is 1.34. The maximum Gasteiger partial charge on any atom is 0.225 e. The summed E-state index contributed by atoms with van der Waals surface area (Å²) in [6.45, 7) is 2.20. The Morgan fingerprint density at radius 1 is 1.21 bits per heavy atom. The number of rotatable bonds is 7. The molecule has 0 amide bonds. The first-order chi connectivity index (χ1) is 13.2. The van der Waals surface area contributed by atoms with E-state index < -0.39 is 0 Å². The molecule has 5 nitrogen and oxygen atoms in total. The Labute approximate surface area is 178 Å². The summed E-state index contributed by atoms with van der Waals surface area (Å²) in [7, 11) is 3.88. The van der Waals surface area contributed by atoms with Crippen molar-refractivity contribution in [3.63, 3.8) is 0 Å². The minimum absolute atomic E-state index is 0. The number of ether oxygens (including phenoxy) is 2. The van der Waals surface area contributed by atoms with Gasteiger partial charge in [0.15, 0.2) is 0 Å². The third-order valence-corrected chi connectivity index (χ3v) is 7.57. The number of methoxy groups -OCH3 is 1. The molecule has 1 N–H and O–H groups in total. The molecule has 1 saturated carbocycles. The second kappa shape index (κ2) is 9.70. The van der Waals surface area contributed by atoms with Crippen LogP contribution in [0.5, 0.6) is 5.88 Å². The van der Waals surface area contributed by atoms with Crippen LogP contribution >= 0.6 is 23.7 Å². The van der Waals surface area contributed by atoms with E-state index in [4.69, 9.17) is 9.47 Å². The standard InChI is InChI=1S/C21H31N3O2S.ClH/c1-4-15(25-3)11-13-5-10-17-18(13)19-20(23-12-24-21(19)27-17)26-16-8-6-14(22-2)7-9-16;/h12-16,22H,4-11H2,1-3H3;1H/t13-,14?,15-,16?;/m1./s1. The summed E-state index contributed by atoms with van der Waals surface area (Å²) in [6.07, 6.45) is 11.3. The van der Waals surface area contributed by atoms with Gasteiger partial charge in [0.25, 0.3) is 0 Å². The van der Waals surface area contributed by atoms with Crippen LogP contribution in [0.15, 0.2) is 6.33 Å². The average Bonchev–Trinajstić information content (AvgIpc) is 3.26. The minimum atomic E-state index is 0. The van der Waals surface area contributed by atoms with Crippen molar-refractivity contribution in [2.24, 2.45) is 0 Å². The summed E-state index contributed by atoms with van der Waals surface area (Å²) < 4.78 is 12.1. The first-order valence-electron chi connectivity index (χ1n) is 10.4. The van der Waals surface area contributed by atoms with Crippen LogP contribution in [0, 0.1) is 0 Å². The van der Waals surface area contributed by atoms with E-state index >= 15 is 0 Å². The highest BCUT2D eigenvalue weighted by Crippen LogP contribution is 2.48. The van der Waals surface area contributed by atoms with Crippen molar-refractivity contribution in [3.05, 3.63) is 16.8 Å². The topological polar surface area (TPSA) is 56.3 Å². The van der Waals surface area contributed by atoms with Crippen LogP contribution < -0.4 is 10.1 Å². The fourth-order valence-corrected chi connectivity index (χ4v) is 5.97. The molecule has 0 spiro atoms. The van der Waals surface area contributed by atoms with Gasteiger partial charge in [0, 0.05) is 18.0 Å². The Kier molecular flexibility index (Phi) is 7.54. The second-order valence-corrected chi connectivity index (χ2v) is 9.00. The van der Waals surface area contributed by atoms with Gasteiger partial charge in [0.2, 0.25) is 5.88 Å². The van der Waals surface area contributed by atoms with E-state index in [1.54, 1.807) is 6.33 Å². The molecule has 2 aliphatic rings. The lowest BCUT2D eigenvalue weighted by Crippen LogP contribution is -2.34. The van der Waals surface area contributed by atoms with E-state index in [1.165, 1.54) is 35.1 Å². The zero-order valence-electron chi connectivity index (χ0n) is 17.1. The molecule has 0 unspecified atom stereocenters. The predicted octanol–water partition coefficient (Wildman–Crippen LogP) is 4.87. The quantitative estimate of drug-likeness (QED) is 0.685. The summed E-state index contributed by atoms with van der Waals surface area (Å²) in [4.78, 5) is 11.7. The average molecular weight is 426 g/mol. The molecule has 7 heteroatoms. The van der Waals surface area contributed by atoms with Gasteiger partial charge in [0.1, 0.15) is 17.3 Å². The van der Waals surface area contributed by atoms with E-state index in [1.807, 2.05) is 18.4 Å².